The summed E-state index contributed by atoms with van der Waals surface area (Å²) in [7, 11) is 0. The number of aromatic nitrogens is 1. The number of halogens is 3. The number of nitrogens with zero attached hydrogens (tertiary/aromatic N) is 1. The molecule has 1 aromatic heterocycles. The van der Waals surface area contributed by atoms with Gasteiger partial charge in [0.25, 0.3) is 5.56 Å². The molecule has 5 nitrogen and oxygen atoms in total. The molecule has 0 spiro atoms. The molecule has 1 heterocycles. The number of carbonyl (C=O) groups excluding carboxylic acids is 1. The fraction of sp³-hybridized carbons (Fsp3) is 0.412. The van der Waals surface area contributed by atoms with Crippen LogP contribution in [0.15, 0.2) is 35.3 Å². The normalized spacial score (nSPS) is 10.2. The lowest BCUT2D eigenvalue weighted by Crippen LogP contribution is -2.37. The standard InChI is InChI=1S/C13H12F3N3O2.2C2H6/c14-13(15,16)7-18-10(20)6-19-5-4-8-2-1-3-9(17)11(8)12(19)21;2*1-2/h1-5H,6-7,17H2,(H,18,20);2*1-2H3. The zero-order valence-electron chi connectivity index (χ0n) is 14.8. The minimum Gasteiger partial charge on any atom is -0.398 e. The monoisotopic (exact) mass is 359 g/mol. The Hall–Kier alpha value is -2.51. The maximum atomic E-state index is 12.2. The van der Waals surface area contributed by atoms with Gasteiger partial charge < -0.3 is 15.6 Å². The Labute approximate surface area is 144 Å². The smallest absolute Gasteiger partial charge is 0.398 e. The summed E-state index contributed by atoms with van der Waals surface area (Å²) in [6.07, 6.45) is -3.15. The van der Waals surface area contributed by atoms with Gasteiger partial charge in [0.2, 0.25) is 5.91 Å². The molecule has 0 radical (unpaired) electrons. The van der Waals surface area contributed by atoms with Crippen LogP contribution in [-0.4, -0.2) is 23.2 Å². The summed E-state index contributed by atoms with van der Waals surface area (Å²) in [6.45, 7) is 6.06. The fourth-order valence-electron chi connectivity index (χ4n) is 1.89. The van der Waals surface area contributed by atoms with Crippen LogP contribution in [0.2, 0.25) is 0 Å². The largest absolute Gasteiger partial charge is 0.405 e. The highest BCUT2D eigenvalue weighted by atomic mass is 19.4. The van der Waals surface area contributed by atoms with E-state index < -0.39 is 30.7 Å². The van der Waals surface area contributed by atoms with Crippen molar-refractivity contribution in [2.75, 3.05) is 12.3 Å². The second-order valence-corrected chi connectivity index (χ2v) is 4.45. The Morgan fingerprint density at radius 3 is 2.32 bits per heavy atom. The van der Waals surface area contributed by atoms with Crippen molar-refractivity contribution in [3.8, 4) is 0 Å². The van der Waals surface area contributed by atoms with E-state index in [1.807, 2.05) is 27.7 Å². The molecular weight excluding hydrogens is 335 g/mol. The molecule has 0 atom stereocenters. The number of rotatable bonds is 3. The first-order valence-electron chi connectivity index (χ1n) is 7.99. The van der Waals surface area contributed by atoms with E-state index in [-0.39, 0.29) is 11.1 Å². The number of anilines is 1. The van der Waals surface area contributed by atoms with Crippen molar-refractivity contribution in [1.82, 2.24) is 9.88 Å². The maximum Gasteiger partial charge on any atom is 0.405 e. The first-order chi connectivity index (χ1) is 11.8. The van der Waals surface area contributed by atoms with Gasteiger partial charge in [0, 0.05) is 11.9 Å². The number of nitrogens with two attached hydrogens (primary N) is 1. The van der Waals surface area contributed by atoms with Crippen molar-refractivity contribution in [3.05, 3.63) is 40.8 Å². The highest BCUT2D eigenvalue weighted by Crippen LogP contribution is 2.16. The number of hydrogen-bond acceptors (Lipinski definition) is 3. The Bertz CT molecular complexity index is 740. The Balaban J connectivity index is 0.00000134. The predicted octanol–water partition coefficient (Wildman–Crippen LogP) is 3.31. The van der Waals surface area contributed by atoms with Gasteiger partial charge in [0.15, 0.2) is 0 Å². The zero-order valence-corrected chi connectivity index (χ0v) is 14.8. The van der Waals surface area contributed by atoms with Gasteiger partial charge in [0.05, 0.1) is 5.39 Å². The molecule has 2 rings (SSSR count). The number of fused-ring (bicyclic) bond motifs is 1. The first-order valence-corrected chi connectivity index (χ1v) is 7.99. The summed E-state index contributed by atoms with van der Waals surface area (Å²) in [6, 6.07) is 6.47. The van der Waals surface area contributed by atoms with Crippen LogP contribution in [0.5, 0.6) is 0 Å². The molecule has 25 heavy (non-hydrogen) atoms. The summed E-state index contributed by atoms with van der Waals surface area (Å²) in [5, 5.41) is 2.55. The Morgan fingerprint density at radius 2 is 1.76 bits per heavy atom. The van der Waals surface area contributed by atoms with Gasteiger partial charge in [-0.15, -0.1) is 0 Å². The van der Waals surface area contributed by atoms with Crippen LogP contribution in [0.25, 0.3) is 10.8 Å². The van der Waals surface area contributed by atoms with E-state index in [0.29, 0.717) is 5.39 Å². The molecule has 2 aromatic rings. The van der Waals surface area contributed by atoms with Crippen LogP contribution in [0.1, 0.15) is 27.7 Å². The summed E-state index contributed by atoms with van der Waals surface area (Å²) < 4.78 is 37.0. The van der Waals surface area contributed by atoms with Gasteiger partial charge >= 0.3 is 6.18 Å². The number of carbonyl (C=O) groups is 1. The average molecular weight is 359 g/mol. The van der Waals surface area contributed by atoms with Crippen molar-refractivity contribution >= 4 is 22.4 Å². The minimum absolute atomic E-state index is 0.239. The van der Waals surface area contributed by atoms with Crippen LogP contribution in [0.4, 0.5) is 18.9 Å². The van der Waals surface area contributed by atoms with Crippen LogP contribution in [0.3, 0.4) is 0 Å². The summed E-state index contributed by atoms with van der Waals surface area (Å²) in [5.41, 5.74) is 5.44. The molecule has 3 N–H and O–H groups in total. The van der Waals surface area contributed by atoms with E-state index >= 15 is 0 Å². The minimum atomic E-state index is -4.49. The molecule has 0 unspecified atom stereocenters. The van der Waals surface area contributed by atoms with E-state index in [1.165, 1.54) is 12.3 Å². The lowest BCUT2D eigenvalue weighted by Gasteiger charge is -2.10. The molecule has 0 aliphatic carbocycles. The molecule has 0 saturated heterocycles. The van der Waals surface area contributed by atoms with Gasteiger partial charge in [0.1, 0.15) is 13.1 Å². The Kier molecular flexibility index (Phi) is 9.33. The van der Waals surface area contributed by atoms with E-state index in [4.69, 9.17) is 5.73 Å². The summed E-state index contributed by atoms with van der Waals surface area (Å²) in [4.78, 5) is 23.6. The third-order valence-corrected chi connectivity index (χ3v) is 2.84. The molecule has 0 fully saturated rings. The number of pyridine rings is 1. The maximum absolute atomic E-state index is 12.2. The van der Waals surface area contributed by atoms with E-state index in [9.17, 15) is 22.8 Å². The number of nitrogen functional groups attached to an aromatic ring is 1. The highest BCUT2D eigenvalue weighted by molar-refractivity contribution is 5.92. The number of nitrogens with one attached hydrogen (secondary N) is 1. The fourth-order valence-corrected chi connectivity index (χ4v) is 1.89. The average Bonchev–Trinajstić information content (AvgIpc) is 2.59. The van der Waals surface area contributed by atoms with E-state index in [1.54, 1.807) is 23.5 Å². The van der Waals surface area contributed by atoms with Gasteiger partial charge in [-0.05, 0) is 17.5 Å². The Morgan fingerprint density at radius 1 is 1.16 bits per heavy atom. The van der Waals surface area contributed by atoms with Crippen molar-refractivity contribution in [3.63, 3.8) is 0 Å². The van der Waals surface area contributed by atoms with E-state index in [2.05, 4.69) is 0 Å². The highest BCUT2D eigenvalue weighted by Gasteiger charge is 2.27. The SMILES string of the molecule is CC.CC.Nc1cccc2ccn(CC(=O)NCC(F)(F)F)c(=O)c12. The van der Waals surface area contributed by atoms with Gasteiger partial charge in [-0.2, -0.15) is 13.2 Å². The molecule has 1 aromatic carbocycles. The van der Waals surface area contributed by atoms with Crippen molar-refractivity contribution in [2.45, 2.75) is 40.4 Å². The molecule has 8 heteroatoms. The predicted molar refractivity (Wildman–Crippen MR) is 94.4 cm³/mol. The molecule has 0 saturated carbocycles. The second-order valence-electron chi connectivity index (χ2n) is 4.45. The van der Waals surface area contributed by atoms with Crippen LogP contribution in [-0.2, 0) is 11.3 Å². The molecule has 0 bridgehead atoms. The number of hydrogen-bond donors (Lipinski definition) is 2. The number of alkyl halides is 3. The second kappa shape index (κ2) is 10.4. The van der Waals surface area contributed by atoms with Gasteiger partial charge in [-0.25, -0.2) is 0 Å². The lowest BCUT2D eigenvalue weighted by molar-refractivity contribution is -0.138. The van der Waals surface area contributed by atoms with Crippen molar-refractivity contribution in [1.29, 1.82) is 0 Å². The molecule has 0 aliphatic heterocycles. The topological polar surface area (TPSA) is 77.1 Å². The lowest BCUT2D eigenvalue weighted by atomic mass is 10.1. The van der Waals surface area contributed by atoms with Crippen molar-refractivity contribution < 1.29 is 18.0 Å². The van der Waals surface area contributed by atoms with Crippen LogP contribution in [0, 0.1) is 0 Å². The third-order valence-electron chi connectivity index (χ3n) is 2.84. The van der Waals surface area contributed by atoms with Crippen molar-refractivity contribution in [2.24, 2.45) is 0 Å². The first kappa shape index (κ1) is 22.5. The van der Waals surface area contributed by atoms with Gasteiger partial charge in [-0.3, -0.25) is 9.59 Å². The molecule has 1 amide bonds. The van der Waals surface area contributed by atoms with E-state index in [0.717, 1.165) is 4.57 Å². The number of amides is 1. The molecule has 0 aliphatic rings. The van der Waals surface area contributed by atoms with Crippen LogP contribution >= 0.6 is 0 Å². The third kappa shape index (κ3) is 6.86. The number of benzene rings is 1. The summed E-state index contributed by atoms with van der Waals surface area (Å²) >= 11 is 0. The molecule has 140 valence electrons. The zero-order chi connectivity index (χ0) is 19.6. The quantitative estimate of drug-likeness (QED) is 0.826. The van der Waals surface area contributed by atoms with Gasteiger partial charge in [-0.1, -0.05) is 39.8 Å². The van der Waals surface area contributed by atoms with Crippen LogP contribution < -0.4 is 16.6 Å². The summed E-state index contributed by atoms with van der Waals surface area (Å²) in [5.74, 6) is -0.900. The molecular formula is C17H24F3N3O2.